The number of methoxy groups -OCH3 is 1. The zero-order valence-electron chi connectivity index (χ0n) is 10.3. The van der Waals surface area contributed by atoms with E-state index in [4.69, 9.17) is 10.5 Å². The van der Waals surface area contributed by atoms with Gasteiger partial charge in [-0.05, 0) is 18.3 Å². The molecule has 16 heavy (non-hydrogen) atoms. The van der Waals surface area contributed by atoms with E-state index in [9.17, 15) is 4.79 Å². The molecule has 1 aliphatic rings. The van der Waals surface area contributed by atoms with Crippen LogP contribution < -0.4 is 5.73 Å². The van der Waals surface area contributed by atoms with Crippen molar-refractivity contribution in [1.29, 1.82) is 0 Å². The predicted molar refractivity (Wildman–Crippen MR) is 66.6 cm³/mol. The normalized spacial score (nSPS) is 22.1. The van der Waals surface area contributed by atoms with Crippen molar-refractivity contribution >= 4 is 18.3 Å². The lowest BCUT2D eigenvalue weighted by atomic mass is 9.95. The highest BCUT2D eigenvalue weighted by Gasteiger charge is 2.31. The number of carbonyl (C=O) groups excluding carboxylic acids is 1. The number of ether oxygens (including phenoxy) is 1. The summed E-state index contributed by atoms with van der Waals surface area (Å²) in [5.74, 6) is 1.31. The molecule has 0 spiro atoms. The first-order chi connectivity index (χ1) is 7.10. The van der Waals surface area contributed by atoms with Gasteiger partial charge < -0.3 is 15.4 Å². The molecule has 1 aliphatic heterocycles. The standard InChI is InChI=1S/C11H22N2O2.ClH/c1-8(2)9-4-5-13(7-9)11(14)10(6-12)15-3;/h8-10H,4-7,12H2,1-3H3;1H. The van der Waals surface area contributed by atoms with Crippen LogP contribution in [0.5, 0.6) is 0 Å². The second-order valence-electron chi connectivity index (χ2n) is 4.54. The molecule has 1 fully saturated rings. The average molecular weight is 251 g/mol. The van der Waals surface area contributed by atoms with Crippen LogP contribution in [0.1, 0.15) is 20.3 Å². The van der Waals surface area contributed by atoms with Gasteiger partial charge in [0.2, 0.25) is 0 Å². The lowest BCUT2D eigenvalue weighted by molar-refractivity contribution is -0.140. The third-order valence-electron chi connectivity index (χ3n) is 3.25. The lowest BCUT2D eigenvalue weighted by Crippen LogP contribution is -2.42. The summed E-state index contributed by atoms with van der Waals surface area (Å²) in [5.41, 5.74) is 5.47. The van der Waals surface area contributed by atoms with E-state index < -0.39 is 6.10 Å². The van der Waals surface area contributed by atoms with E-state index in [1.165, 1.54) is 7.11 Å². The summed E-state index contributed by atoms with van der Waals surface area (Å²) in [6, 6.07) is 0. The summed E-state index contributed by atoms with van der Waals surface area (Å²) in [6.07, 6.45) is 0.639. The van der Waals surface area contributed by atoms with Crippen LogP contribution in [0.2, 0.25) is 0 Å². The fourth-order valence-electron chi connectivity index (χ4n) is 2.03. The summed E-state index contributed by atoms with van der Waals surface area (Å²) >= 11 is 0. The third-order valence-corrected chi connectivity index (χ3v) is 3.25. The molecular weight excluding hydrogens is 228 g/mol. The Morgan fingerprint density at radius 1 is 1.56 bits per heavy atom. The largest absolute Gasteiger partial charge is 0.370 e. The van der Waals surface area contributed by atoms with Crippen molar-refractivity contribution in [2.75, 3.05) is 26.7 Å². The number of rotatable bonds is 4. The van der Waals surface area contributed by atoms with Gasteiger partial charge in [-0.2, -0.15) is 0 Å². The van der Waals surface area contributed by atoms with Crippen LogP contribution in [0.4, 0.5) is 0 Å². The van der Waals surface area contributed by atoms with E-state index in [1.807, 2.05) is 4.90 Å². The number of hydrogen-bond acceptors (Lipinski definition) is 3. The molecule has 0 aromatic rings. The summed E-state index contributed by atoms with van der Waals surface area (Å²) in [7, 11) is 1.53. The molecule has 0 bridgehead atoms. The molecule has 2 unspecified atom stereocenters. The zero-order valence-corrected chi connectivity index (χ0v) is 11.1. The van der Waals surface area contributed by atoms with Crippen LogP contribution in [0, 0.1) is 11.8 Å². The Labute approximate surface area is 104 Å². The molecule has 0 saturated carbocycles. The number of carbonyl (C=O) groups is 1. The van der Waals surface area contributed by atoms with Gasteiger partial charge in [-0.3, -0.25) is 4.79 Å². The van der Waals surface area contributed by atoms with Gasteiger partial charge in [-0.1, -0.05) is 13.8 Å². The highest BCUT2D eigenvalue weighted by molar-refractivity contribution is 5.85. The van der Waals surface area contributed by atoms with Gasteiger partial charge in [0, 0.05) is 26.7 Å². The highest BCUT2D eigenvalue weighted by Crippen LogP contribution is 2.24. The highest BCUT2D eigenvalue weighted by atomic mass is 35.5. The van der Waals surface area contributed by atoms with E-state index in [0.29, 0.717) is 11.8 Å². The van der Waals surface area contributed by atoms with Gasteiger partial charge >= 0.3 is 0 Å². The van der Waals surface area contributed by atoms with E-state index in [-0.39, 0.29) is 24.9 Å². The molecule has 0 aliphatic carbocycles. The van der Waals surface area contributed by atoms with E-state index in [2.05, 4.69) is 13.8 Å². The quantitative estimate of drug-likeness (QED) is 0.806. The van der Waals surface area contributed by atoms with E-state index in [1.54, 1.807) is 0 Å². The van der Waals surface area contributed by atoms with Gasteiger partial charge in [0.25, 0.3) is 5.91 Å². The van der Waals surface area contributed by atoms with Crippen LogP contribution in [-0.4, -0.2) is 43.7 Å². The van der Waals surface area contributed by atoms with Crippen LogP contribution in [0.15, 0.2) is 0 Å². The molecule has 1 amide bonds. The van der Waals surface area contributed by atoms with Crippen molar-refractivity contribution in [1.82, 2.24) is 4.90 Å². The van der Waals surface area contributed by atoms with Crippen molar-refractivity contribution in [3.63, 3.8) is 0 Å². The van der Waals surface area contributed by atoms with Crippen molar-refractivity contribution < 1.29 is 9.53 Å². The Bertz CT molecular complexity index is 220. The Kier molecular flexibility index (Phi) is 6.95. The van der Waals surface area contributed by atoms with E-state index >= 15 is 0 Å². The maximum absolute atomic E-state index is 11.9. The molecule has 0 aromatic carbocycles. The number of likely N-dealkylation sites (tertiary alicyclic amines) is 1. The topological polar surface area (TPSA) is 55.6 Å². The number of nitrogens with two attached hydrogens (primary N) is 1. The van der Waals surface area contributed by atoms with Crippen molar-refractivity contribution in [2.45, 2.75) is 26.4 Å². The number of hydrogen-bond donors (Lipinski definition) is 1. The molecule has 2 N–H and O–H groups in total. The molecule has 5 heteroatoms. The molecule has 2 atom stereocenters. The zero-order chi connectivity index (χ0) is 11.4. The summed E-state index contributed by atoms with van der Waals surface area (Å²) < 4.78 is 5.05. The molecule has 1 rings (SSSR count). The van der Waals surface area contributed by atoms with Gasteiger partial charge in [0.15, 0.2) is 0 Å². The average Bonchev–Trinajstić information content (AvgIpc) is 2.68. The van der Waals surface area contributed by atoms with Crippen molar-refractivity contribution in [2.24, 2.45) is 17.6 Å². The molecule has 96 valence electrons. The minimum absolute atomic E-state index is 0. The predicted octanol–water partition coefficient (Wildman–Crippen LogP) is 0.886. The smallest absolute Gasteiger partial charge is 0.253 e. The molecule has 4 nitrogen and oxygen atoms in total. The Hall–Kier alpha value is -0.320. The number of nitrogens with zero attached hydrogens (tertiary/aromatic N) is 1. The summed E-state index contributed by atoms with van der Waals surface area (Å²) in [5, 5.41) is 0. The van der Waals surface area contributed by atoms with Crippen molar-refractivity contribution in [3.05, 3.63) is 0 Å². The minimum atomic E-state index is -0.462. The van der Waals surface area contributed by atoms with Crippen LogP contribution in [-0.2, 0) is 9.53 Å². The monoisotopic (exact) mass is 250 g/mol. The molecule has 1 heterocycles. The van der Waals surface area contributed by atoms with Gasteiger partial charge in [-0.25, -0.2) is 0 Å². The van der Waals surface area contributed by atoms with Crippen LogP contribution >= 0.6 is 12.4 Å². The second kappa shape index (κ2) is 7.09. The first-order valence-electron chi connectivity index (χ1n) is 5.61. The fourth-order valence-corrected chi connectivity index (χ4v) is 2.03. The molecule has 0 radical (unpaired) electrons. The van der Waals surface area contributed by atoms with Gasteiger partial charge in [-0.15, -0.1) is 12.4 Å². The van der Waals surface area contributed by atoms with Crippen LogP contribution in [0.3, 0.4) is 0 Å². The Balaban J connectivity index is 0.00000225. The second-order valence-corrected chi connectivity index (χ2v) is 4.54. The van der Waals surface area contributed by atoms with Gasteiger partial charge in [0.05, 0.1) is 0 Å². The Morgan fingerprint density at radius 3 is 2.56 bits per heavy atom. The SMILES string of the molecule is COC(CN)C(=O)N1CCC(C(C)C)C1.Cl. The molecular formula is C11H23ClN2O2. The van der Waals surface area contributed by atoms with Crippen molar-refractivity contribution in [3.8, 4) is 0 Å². The van der Waals surface area contributed by atoms with Gasteiger partial charge in [0.1, 0.15) is 6.10 Å². The molecule has 0 aromatic heterocycles. The third kappa shape index (κ3) is 3.61. The maximum Gasteiger partial charge on any atom is 0.253 e. The Morgan fingerprint density at radius 2 is 2.19 bits per heavy atom. The fraction of sp³-hybridized carbons (Fsp3) is 0.909. The van der Waals surface area contributed by atoms with E-state index in [0.717, 1.165) is 19.5 Å². The minimum Gasteiger partial charge on any atom is -0.370 e. The maximum atomic E-state index is 11.9. The first-order valence-corrected chi connectivity index (χ1v) is 5.61. The molecule has 1 saturated heterocycles. The van der Waals surface area contributed by atoms with Crippen LogP contribution in [0.25, 0.3) is 0 Å². The first kappa shape index (κ1) is 15.7. The summed E-state index contributed by atoms with van der Waals surface area (Å²) in [4.78, 5) is 13.8. The number of amides is 1. The lowest BCUT2D eigenvalue weighted by Gasteiger charge is -2.22. The summed E-state index contributed by atoms with van der Waals surface area (Å²) in [6.45, 7) is 6.38. The number of halogens is 1.